The number of carboxylic acids is 1. The average Bonchev–Trinajstić information content (AvgIpc) is 2.77. The molecule has 104 valence electrons. The van der Waals surface area contributed by atoms with Crippen LogP contribution in [0.5, 0.6) is 0 Å². The van der Waals surface area contributed by atoms with Crippen LogP contribution in [0.3, 0.4) is 0 Å². The zero-order valence-corrected chi connectivity index (χ0v) is 13.3. The van der Waals surface area contributed by atoms with E-state index >= 15 is 0 Å². The summed E-state index contributed by atoms with van der Waals surface area (Å²) in [5, 5.41) is 9.08. The normalized spacial score (nSPS) is 20.6. The molecule has 0 radical (unpaired) electrons. The second-order valence-electron chi connectivity index (χ2n) is 4.18. The summed E-state index contributed by atoms with van der Waals surface area (Å²) in [5.74, 6) is -0.672. The number of carboxylic acid groups (broad SMARTS) is 1. The predicted octanol–water partition coefficient (Wildman–Crippen LogP) is 1.91. The molecule has 1 atom stereocenters. The summed E-state index contributed by atoms with van der Waals surface area (Å²) in [5.41, 5.74) is 0.927. The van der Waals surface area contributed by atoms with Crippen molar-refractivity contribution in [1.82, 2.24) is 4.31 Å². The third-order valence-electron chi connectivity index (χ3n) is 2.80. The fourth-order valence-corrected chi connectivity index (χ4v) is 6.09. The molecule has 19 heavy (non-hydrogen) atoms. The Morgan fingerprint density at radius 1 is 1.53 bits per heavy atom. The molecule has 1 aromatic rings. The van der Waals surface area contributed by atoms with Gasteiger partial charge in [-0.15, -0.1) is 11.8 Å². The highest BCUT2D eigenvalue weighted by Crippen LogP contribution is 2.32. The van der Waals surface area contributed by atoms with Crippen molar-refractivity contribution in [3.63, 3.8) is 0 Å². The van der Waals surface area contributed by atoms with Gasteiger partial charge in [-0.05, 0) is 40.5 Å². The van der Waals surface area contributed by atoms with Crippen LogP contribution in [0.4, 0.5) is 0 Å². The number of sulfonamides is 1. The SMILES string of the molecule is Cc1ccc(S(=O)(=O)N2CSC[C@H]2C(=O)O)c(Br)c1. The lowest BCUT2D eigenvalue weighted by atomic mass is 10.2. The van der Waals surface area contributed by atoms with Crippen LogP contribution in [-0.4, -0.2) is 41.5 Å². The van der Waals surface area contributed by atoms with E-state index < -0.39 is 22.0 Å². The molecule has 1 N–H and O–H groups in total. The lowest BCUT2D eigenvalue weighted by Crippen LogP contribution is -2.41. The van der Waals surface area contributed by atoms with E-state index in [1.807, 2.05) is 6.92 Å². The first-order valence-electron chi connectivity index (χ1n) is 5.42. The molecule has 1 saturated heterocycles. The van der Waals surface area contributed by atoms with E-state index in [1.165, 1.54) is 17.8 Å². The number of rotatable bonds is 3. The van der Waals surface area contributed by atoms with Gasteiger partial charge in [-0.1, -0.05) is 6.07 Å². The van der Waals surface area contributed by atoms with E-state index in [-0.39, 0.29) is 16.5 Å². The molecule has 0 aliphatic carbocycles. The van der Waals surface area contributed by atoms with Crippen LogP contribution in [0, 0.1) is 6.92 Å². The lowest BCUT2D eigenvalue weighted by Gasteiger charge is -2.20. The Bertz CT molecular complexity index is 617. The third kappa shape index (κ3) is 2.81. The van der Waals surface area contributed by atoms with Crippen molar-refractivity contribution in [3.8, 4) is 0 Å². The molecule has 1 fully saturated rings. The molecule has 0 bridgehead atoms. The summed E-state index contributed by atoms with van der Waals surface area (Å²) < 4.78 is 26.5. The minimum absolute atomic E-state index is 0.104. The molecule has 8 heteroatoms. The fourth-order valence-electron chi connectivity index (χ4n) is 1.80. The van der Waals surface area contributed by atoms with Crippen LogP contribution < -0.4 is 0 Å². The fraction of sp³-hybridized carbons (Fsp3) is 0.364. The monoisotopic (exact) mass is 365 g/mol. The highest BCUT2D eigenvalue weighted by atomic mass is 79.9. The van der Waals surface area contributed by atoms with Crippen molar-refractivity contribution >= 4 is 43.7 Å². The van der Waals surface area contributed by atoms with Gasteiger partial charge < -0.3 is 5.11 Å². The first-order chi connectivity index (χ1) is 8.84. The number of hydrogen-bond donors (Lipinski definition) is 1. The molecule has 0 aromatic heterocycles. The van der Waals surface area contributed by atoms with Crippen molar-refractivity contribution < 1.29 is 18.3 Å². The van der Waals surface area contributed by atoms with Gasteiger partial charge in [0.15, 0.2) is 0 Å². The molecule has 2 rings (SSSR count). The van der Waals surface area contributed by atoms with Crippen molar-refractivity contribution in [2.75, 3.05) is 11.6 Å². The number of aliphatic carboxylic acids is 1. The minimum Gasteiger partial charge on any atom is -0.480 e. The van der Waals surface area contributed by atoms with Crippen LogP contribution in [-0.2, 0) is 14.8 Å². The summed E-state index contributed by atoms with van der Waals surface area (Å²) in [6, 6.07) is 3.89. The zero-order chi connectivity index (χ0) is 14.2. The molecule has 1 heterocycles. The van der Waals surface area contributed by atoms with Crippen LogP contribution >= 0.6 is 27.7 Å². The Morgan fingerprint density at radius 3 is 2.79 bits per heavy atom. The molecule has 1 aromatic carbocycles. The molecule has 1 aliphatic heterocycles. The van der Waals surface area contributed by atoms with E-state index in [2.05, 4.69) is 15.9 Å². The van der Waals surface area contributed by atoms with Gasteiger partial charge in [0.1, 0.15) is 6.04 Å². The van der Waals surface area contributed by atoms with Gasteiger partial charge in [-0.2, -0.15) is 4.31 Å². The Kier molecular flexibility index (Phi) is 4.24. The second-order valence-corrected chi connectivity index (χ2v) is 7.89. The highest BCUT2D eigenvalue weighted by molar-refractivity contribution is 9.10. The summed E-state index contributed by atoms with van der Waals surface area (Å²) >= 11 is 4.53. The summed E-state index contributed by atoms with van der Waals surface area (Å²) in [6.45, 7) is 1.85. The van der Waals surface area contributed by atoms with Crippen LogP contribution in [0.2, 0.25) is 0 Å². The molecule has 0 unspecified atom stereocenters. The molecule has 0 amide bonds. The zero-order valence-electron chi connectivity index (χ0n) is 10.0. The minimum atomic E-state index is -3.80. The smallest absolute Gasteiger partial charge is 0.322 e. The number of benzene rings is 1. The Hall–Kier alpha value is -0.570. The van der Waals surface area contributed by atoms with E-state index in [0.717, 1.165) is 9.87 Å². The predicted molar refractivity (Wildman–Crippen MR) is 76.7 cm³/mol. The van der Waals surface area contributed by atoms with Crippen LogP contribution in [0.25, 0.3) is 0 Å². The quantitative estimate of drug-likeness (QED) is 0.885. The summed E-state index contributed by atoms with van der Waals surface area (Å²) in [4.78, 5) is 11.2. The number of thioether (sulfide) groups is 1. The first-order valence-corrected chi connectivity index (χ1v) is 8.81. The second kappa shape index (κ2) is 5.43. The maximum Gasteiger partial charge on any atom is 0.322 e. The largest absolute Gasteiger partial charge is 0.480 e. The standard InChI is InChI=1S/C11H12BrNO4S2/c1-7-2-3-10(8(12)4-7)19(16,17)13-6-18-5-9(13)11(14)15/h2-4,9H,5-6H2,1H3,(H,14,15)/t9-/m0/s1. The third-order valence-corrected chi connectivity index (χ3v) is 6.81. The molecule has 5 nitrogen and oxygen atoms in total. The number of nitrogens with zero attached hydrogens (tertiary/aromatic N) is 1. The molecule has 1 aliphatic rings. The molecule has 0 spiro atoms. The topological polar surface area (TPSA) is 74.7 Å². The van der Waals surface area contributed by atoms with Gasteiger partial charge in [0.2, 0.25) is 10.0 Å². The maximum atomic E-state index is 12.5. The van der Waals surface area contributed by atoms with Crippen LogP contribution in [0.1, 0.15) is 5.56 Å². The van der Waals surface area contributed by atoms with Crippen molar-refractivity contribution in [2.45, 2.75) is 17.9 Å². The Morgan fingerprint density at radius 2 is 2.21 bits per heavy atom. The summed E-state index contributed by atoms with van der Waals surface area (Å²) in [7, 11) is -3.80. The van der Waals surface area contributed by atoms with Gasteiger partial charge in [0.25, 0.3) is 0 Å². The van der Waals surface area contributed by atoms with Gasteiger partial charge in [-0.25, -0.2) is 8.42 Å². The van der Waals surface area contributed by atoms with E-state index in [1.54, 1.807) is 12.1 Å². The van der Waals surface area contributed by atoms with Crippen molar-refractivity contribution in [3.05, 3.63) is 28.2 Å². The molecular formula is C11H12BrNO4S2. The van der Waals surface area contributed by atoms with Gasteiger partial charge in [-0.3, -0.25) is 4.79 Å². The number of carbonyl (C=O) groups is 1. The average molecular weight is 366 g/mol. The first kappa shape index (κ1) is 14.8. The summed E-state index contributed by atoms with van der Waals surface area (Å²) in [6.07, 6.45) is 0. The Labute approximate surface area is 124 Å². The number of hydrogen-bond acceptors (Lipinski definition) is 4. The maximum absolute atomic E-state index is 12.5. The Balaban J connectivity index is 2.45. The molecule has 0 saturated carbocycles. The lowest BCUT2D eigenvalue weighted by molar-refractivity contribution is -0.140. The van der Waals surface area contributed by atoms with Gasteiger partial charge in [0.05, 0.1) is 10.8 Å². The van der Waals surface area contributed by atoms with E-state index in [0.29, 0.717) is 4.47 Å². The van der Waals surface area contributed by atoms with E-state index in [9.17, 15) is 13.2 Å². The number of aryl methyl sites for hydroxylation is 1. The highest BCUT2D eigenvalue weighted by Gasteiger charge is 2.40. The van der Waals surface area contributed by atoms with Gasteiger partial charge in [0, 0.05) is 10.2 Å². The van der Waals surface area contributed by atoms with Crippen LogP contribution in [0.15, 0.2) is 27.6 Å². The molecular weight excluding hydrogens is 354 g/mol. The van der Waals surface area contributed by atoms with Crippen molar-refractivity contribution in [1.29, 1.82) is 0 Å². The van der Waals surface area contributed by atoms with Crippen molar-refractivity contribution in [2.24, 2.45) is 0 Å². The van der Waals surface area contributed by atoms with Gasteiger partial charge >= 0.3 is 5.97 Å². The number of halogens is 1. The van der Waals surface area contributed by atoms with E-state index in [4.69, 9.17) is 5.11 Å².